The topological polar surface area (TPSA) is 35.8 Å². The zero-order valence-electron chi connectivity index (χ0n) is 6.22. The van der Waals surface area contributed by atoms with Gasteiger partial charge in [0.05, 0.1) is 12.1 Å². The predicted octanol–water partition coefficient (Wildman–Crippen LogP) is 0.901. The van der Waals surface area contributed by atoms with Crippen molar-refractivity contribution < 1.29 is 0 Å². The van der Waals surface area contributed by atoms with Crippen LogP contribution in [-0.4, -0.2) is 12.6 Å². The first-order valence-electron chi connectivity index (χ1n) is 3.41. The summed E-state index contributed by atoms with van der Waals surface area (Å²) in [7, 11) is 0. The molecule has 0 amide bonds. The third-order valence-electron chi connectivity index (χ3n) is 1.22. The highest BCUT2D eigenvalue weighted by atomic mass is 14.9. The van der Waals surface area contributed by atoms with Crippen LogP contribution in [-0.2, 0) is 0 Å². The molecule has 0 aliphatic heterocycles. The van der Waals surface area contributed by atoms with Crippen LogP contribution in [0.15, 0.2) is 0 Å². The Bertz CT molecular complexity index is 150. The summed E-state index contributed by atoms with van der Waals surface area (Å²) in [6.45, 7) is 2.71. The molecule has 0 aromatic rings. The van der Waals surface area contributed by atoms with Crippen molar-refractivity contribution in [3.05, 3.63) is 0 Å². The summed E-state index contributed by atoms with van der Waals surface area (Å²) in [4.78, 5) is 0. The van der Waals surface area contributed by atoms with Gasteiger partial charge in [-0.05, 0) is 6.42 Å². The van der Waals surface area contributed by atoms with Gasteiger partial charge < -0.3 is 5.32 Å². The second-order valence-electron chi connectivity index (χ2n) is 2.00. The molecule has 0 heterocycles. The molecule has 0 bridgehead atoms. The number of hydrogen-bond donors (Lipinski definition) is 1. The van der Waals surface area contributed by atoms with Crippen LogP contribution in [0.4, 0.5) is 0 Å². The van der Waals surface area contributed by atoms with Crippen molar-refractivity contribution >= 4 is 0 Å². The second-order valence-corrected chi connectivity index (χ2v) is 2.00. The van der Waals surface area contributed by atoms with Gasteiger partial charge in [-0.15, -0.1) is 12.3 Å². The van der Waals surface area contributed by atoms with Crippen LogP contribution in [0.1, 0.15) is 19.8 Å². The molecule has 10 heavy (non-hydrogen) atoms. The van der Waals surface area contributed by atoms with Gasteiger partial charge in [0.1, 0.15) is 0 Å². The van der Waals surface area contributed by atoms with E-state index in [4.69, 9.17) is 11.7 Å². The largest absolute Gasteiger partial charge is 0.301 e. The van der Waals surface area contributed by atoms with Crippen molar-refractivity contribution in [2.45, 2.75) is 25.8 Å². The zero-order valence-corrected chi connectivity index (χ0v) is 6.22. The molecule has 1 unspecified atom stereocenters. The number of terminal acetylenes is 1. The van der Waals surface area contributed by atoms with Crippen molar-refractivity contribution in [2.75, 3.05) is 6.54 Å². The lowest BCUT2D eigenvalue weighted by Gasteiger charge is -2.05. The van der Waals surface area contributed by atoms with E-state index in [1.54, 1.807) is 0 Å². The number of nitrogens with zero attached hydrogens (tertiary/aromatic N) is 1. The third kappa shape index (κ3) is 3.95. The predicted molar refractivity (Wildman–Crippen MR) is 41.1 cm³/mol. The minimum absolute atomic E-state index is 0.0339. The molecular weight excluding hydrogens is 124 g/mol. The van der Waals surface area contributed by atoms with Crippen molar-refractivity contribution in [1.29, 1.82) is 5.26 Å². The molecule has 0 aromatic carbocycles. The molecule has 2 nitrogen and oxygen atoms in total. The van der Waals surface area contributed by atoms with E-state index in [0.29, 0.717) is 6.42 Å². The first kappa shape index (κ1) is 9.01. The van der Waals surface area contributed by atoms with Crippen LogP contribution in [0.5, 0.6) is 0 Å². The van der Waals surface area contributed by atoms with Crippen molar-refractivity contribution in [1.82, 2.24) is 5.32 Å². The number of hydrogen-bond acceptors (Lipinski definition) is 2. The molecule has 0 aromatic heterocycles. The average molecular weight is 136 g/mol. The molecular formula is C8H12N2. The molecule has 0 saturated heterocycles. The summed E-state index contributed by atoms with van der Waals surface area (Å²) in [6, 6.07) is 2.10. The molecule has 1 atom stereocenters. The number of nitrogens with one attached hydrogen (secondary N) is 1. The van der Waals surface area contributed by atoms with Crippen LogP contribution in [0, 0.1) is 23.7 Å². The molecule has 0 aliphatic rings. The quantitative estimate of drug-likeness (QED) is 0.460. The Hall–Kier alpha value is -0.990. The molecule has 54 valence electrons. The van der Waals surface area contributed by atoms with Crippen molar-refractivity contribution in [3.63, 3.8) is 0 Å². The summed E-state index contributed by atoms with van der Waals surface area (Å²) in [5.74, 6) is 2.50. The Kier molecular flexibility index (Phi) is 5.53. The standard InChI is InChI=1S/C8H12N2/c1-3-5-6-10-8(4-2)7-9/h1,8,10H,4-6H2,2H3. The maximum Gasteiger partial charge on any atom is 0.0950 e. The minimum atomic E-state index is -0.0339. The molecule has 0 radical (unpaired) electrons. The van der Waals surface area contributed by atoms with Gasteiger partial charge in [0.25, 0.3) is 0 Å². The molecule has 0 aliphatic carbocycles. The lowest BCUT2D eigenvalue weighted by Crippen LogP contribution is -2.27. The molecule has 0 saturated carbocycles. The zero-order chi connectivity index (χ0) is 7.82. The van der Waals surface area contributed by atoms with E-state index in [1.165, 1.54) is 0 Å². The Morgan fingerprint density at radius 2 is 2.40 bits per heavy atom. The summed E-state index contributed by atoms with van der Waals surface area (Å²) in [5, 5.41) is 11.5. The van der Waals surface area contributed by atoms with Crippen LogP contribution < -0.4 is 5.32 Å². The fourth-order valence-electron chi connectivity index (χ4n) is 0.600. The second kappa shape index (κ2) is 6.13. The Labute approximate surface area is 62.2 Å². The smallest absolute Gasteiger partial charge is 0.0950 e. The van der Waals surface area contributed by atoms with E-state index in [2.05, 4.69) is 17.3 Å². The lowest BCUT2D eigenvalue weighted by molar-refractivity contribution is 0.596. The molecule has 0 rings (SSSR count). The normalized spacial score (nSPS) is 11.5. The summed E-state index contributed by atoms with van der Waals surface area (Å²) in [6.07, 6.45) is 6.55. The van der Waals surface area contributed by atoms with Crippen LogP contribution in [0.25, 0.3) is 0 Å². The van der Waals surface area contributed by atoms with Gasteiger partial charge in [0.15, 0.2) is 0 Å². The lowest BCUT2D eigenvalue weighted by atomic mass is 10.2. The molecule has 2 heteroatoms. The highest BCUT2D eigenvalue weighted by Crippen LogP contribution is 1.86. The van der Waals surface area contributed by atoms with E-state index < -0.39 is 0 Å². The van der Waals surface area contributed by atoms with E-state index >= 15 is 0 Å². The maximum atomic E-state index is 8.46. The van der Waals surface area contributed by atoms with Gasteiger partial charge in [-0.3, -0.25) is 0 Å². The van der Waals surface area contributed by atoms with E-state index in [0.717, 1.165) is 13.0 Å². The Balaban J connectivity index is 3.30. The van der Waals surface area contributed by atoms with Gasteiger partial charge in [-0.2, -0.15) is 5.26 Å². The summed E-state index contributed by atoms with van der Waals surface area (Å²) < 4.78 is 0. The van der Waals surface area contributed by atoms with Gasteiger partial charge in [0, 0.05) is 13.0 Å². The number of nitriles is 1. The molecule has 0 spiro atoms. The molecule has 0 fully saturated rings. The van der Waals surface area contributed by atoms with E-state index in [9.17, 15) is 0 Å². The fourth-order valence-corrected chi connectivity index (χ4v) is 0.600. The first-order valence-corrected chi connectivity index (χ1v) is 3.41. The SMILES string of the molecule is C#CCCNC(C#N)CC. The molecule has 1 N–H and O–H groups in total. The average Bonchev–Trinajstić information content (AvgIpc) is 1.99. The maximum absolute atomic E-state index is 8.46. The first-order chi connectivity index (χ1) is 4.85. The monoisotopic (exact) mass is 136 g/mol. The van der Waals surface area contributed by atoms with Crippen molar-refractivity contribution in [3.8, 4) is 18.4 Å². The van der Waals surface area contributed by atoms with E-state index in [-0.39, 0.29) is 6.04 Å². The number of rotatable bonds is 4. The van der Waals surface area contributed by atoms with E-state index in [1.807, 2.05) is 6.92 Å². The van der Waals surface area contributed by atoms with Crippen molar-refractivity contribution in [2.24, 2.45) is 0 Å². The van der Waals surface area contributed by atoms with Crippen LogP contribution >= 0.6 is 0 Å². The Morgan fingerprint density at radius 3 is 2.80 bits per heavy atom. The summed E-state index contributed by atoms with van der Waals surface area (Å²) >= 11 is 0. The van der Waals surface area contributed by atoms with Gasteiger partial charge >= 0.3 is 0 Å². The summed E-state index contributed by atoms with van der Waals surface area (Å²) in [5.41, 5.74) is 0. The van der Waals surface area contributed by atoms with Crippen LogP contribution in [0.3, 0.4) is 0 Å². The fraction of sp³-hybridized carbons (Fsp3) is 0.625. The van der Waals surface area contributed by atoms with Gasteiger partial charge in [0.2, 0.25) is 0 Å². The van der Waals surface area contributed by atoms with Crippen LogP contribution in [0.2, 0.25) is 0 Å². The van der Waals surface area contributed by atoms with Gasteiger partial charge in [-0.1, -0.05) is 6.92 Å². The highest BCUT2D eigenvalue weighted by Gasteiger charge is 1.99. The highest BCUT2D eigenvalue weighted by molar-refractivity contribution is 4.90. The van der Waals surface area contributed by atoms with Gasteiger partial charge in [-0.25, -0.2) is 0 Å². The minimum Gasteiger partial charge on any atom is -0.301 e. The Morgan fingerprint density at radius 1 is 1.70 bits per heavy atom. The third-order valence-corrected chi connectivity index (χ3v) is 1.22.